The molecule has 0 radical (unpaired) electrons. The van der Waals surface area contributed by atoms with Gasteiger partial charge in [0.05, 0.1) is 17.4 Å². The van der Waals surface area contributed by atoms with Gasteiger partial charge in [-0.1, -0.05) is 26.0 Å². The SMILES string of the molecule is CN(C)c1cncc(C(=O)NCc2ccc3cc(CN4CCC(C)(C)CC4)[nH]c3c2)c1. The average Bonchev–Trinajstić information content (AvgIpc) is 3.15. The number of rotatable bonds is 6. The van der Waals surface area contributed by atoms with Gasteiger partial charge in [-0.2, -0.15) is 0 Å². The topological polar surface area (TPSA) is 64.3 Å². The Morgan fingerprint density at radius 2 is 1.94 bits per heavy atom. The van der Waals surface area contributed by atoms with Crippen molar-refractivity contribution in [2.75, 3.05) is 32.1 Å². The average molecular weight is 420 g/mol. The summed E-state index contributed by atoms with van der Waals surface area (Å²) in [6.45, 7) is 8.49. The number of piperidine rings is 1. The monoisotopic (exact) mass is 419 g/mol. The molecule has 2 N–H and O–H groups in total. The molecule has 1 aromatic carbocycles. The molecule has 164 valence electrons. The van der Waals surface area contributed by atoms with Gasteiger partial charge >= 0.3 is 0 Å². The molecule has 3 heterocycles. The summed E-state index contributed by atoms with van der Waals surface area (Å²) in [7, 11) is 3.87. The van der Waals surface area contributed by atoms with Gasteiger partial charge in [0.15, 0.2) is 0 Å². The largest absolute Gasteiger partial charge is 0.376 e. The fourth-order valence-corrected chi connectivity index (χ4v) is 4.07. The zero-order valence-corrected chi connectivity index (χ0v) is 19.0. The van der Waals surface area contributed by atoms with Gasteiger partial charge in [-0.15, -0.1) is 0 Å². The van der Waals surface area contributed by atoms with Crippen LogP contribution in [0, 0.1) is 5.41 Å². The van der Waals surface area contributed by atoms with E-state index >= 15 is 0 Å². The van der Waals surface area contributed by atoms with Crippen molar-refractivity contribution in [3.63, 3.8) is 0 Å². The molecular weight excluding hydrogens is 386 g/mol. The molecule has 1 saturated heterocycles. The maximum Gasteiger partial charge on any atom is 0.253 e. The van der Waals surface area contributed by atoms with Crippen molar-refractivity contribution in [2.45, 2.75) is 39.8 Å². The molecular formula is C25H33N5O. The molecule has 4 rings (SSSR count). The summed E-state index contributed by atoms with van der Waals surface area (Å²) in [5, 5.41) is 4.22. The van der Waals surface area contributed by atoms with E-state index in [1.165, 1.54) is 23.9 Å². The second kappa shape index (κ2) is 8.71. The molecule has 0 unspecified atom stereocenters. The lowest BCUT2D eigenvalue weighted by atomic mass is 9.83. The predicted octanol–water partition coefficient (Wildman–Crippen LogP) is 4.18. The first kappa shape index (κ1) is 21.4. The van der Waals surface area contributed by atoms with Crippen molar-refractivity contribution in [2.24, 2.45) is 5.41 Å². The minimum absolute atomic E-state index is 0.114. The lowest BCUT2D eigenvalue weighted by Gasteiger charge is -2.36. The highest BCUT2D eigenvalue weighted by atomic mass is 16.1. The quantitative estimate of drug-likeness (QED) is 0.629. The first-order valence-electron chi connectivity index (χ1n) is 11.0. The van der Waals surface area contributed by atoms with Crippen LogP contribution in [0.3, 0.4) is 0 Å². The summed E-state index contributed by atoms with van der Waals surface area (Å²) in [5.74, 6) is -0.114. The van der Waals surface area contributed by atoms with E-state index < -0.39 is 0 Å². The minimum Gasteiger partial charge on any atom is -0.376 e. The van der Waals surface area contributed by atoms with Gasteiger partial charge in [0.2, 0.25) is 0 Å². The Balaban J connectivity index is 1.38. The summed E-state index contributed by atoms with van der Waals surface area (Å²) in [5.41, 5.74) is 5.40. The number of hydrogen-bond donors (Lipinski definition) is 2. The van der Waals surface area contributed by atoms with E-state index in [-0.39, 0.29) is 5.91 Å². The second-order valence-electron chi connectivity index (χ2n) is 9.67. The number of carbonyl (C=O) groups is 1. The molecule has 0 bridgehead atoms. The Morgan fingerprint density at radius 3 is 2.68 bits per heavy atom. The maximum atomic E-state index is 12.5. The minimum atomic E-state index is -0.114. The summed E-state index contributed by atoms with van der Waals surface area (Å²) in [6, 6.07) is 10.4. The zero-order chi connectivity index (χ0) is 22.0. The standard InChI is InChI=1S/C25H33N5O/c1-25(2)7-9-30(10-8-25)17-21-12-19-6-5-18(11-23(19)28-21)14-27-24(31)20-13-22(29(3)4)16-26-15-20/h5-6,11-13,15-16,28H,7-10,14,17H2,1-4H3,(H,27,31). The smallest absolute Gasteiger partial charge is 0.253 e. The number of likely N-dealkylation sites (tertiary alicyclic amines) is 1. The third-order valence-electron chi connectivity index (χ3n) is 6.30. The number of nitrogens with zero attached hydrogens (tertiary/aromatic N) is 3. The van der Waals surface area contributed by atoms with Crippen molar-refractivity contribution >= 4 is 22.5 Å². The lowest BCUT2D eigenvalue weighted by molar-refractivity contribution is 0.0950. The third-order valence-corrected chi connectivity index (χ3v) is 6.30. The second-order valence-corrected chi connectivity index (χ2v) is 9.67. The fraction of sp³-hybridized carbons (Fsp3) is 0.440. The first-order valence-corrected chi connectivity index (χ1v) is 11.0. The van der Waals surface area contributed by atoms with Crippen LogP contribution in [0.25, 0.3) is 10.9 Å². The van der Waals surface area contributed by atoms with E-state index in [4.69, 9.17) is 0 Å². The van der Waals surface area contributed by atoms with Crippen LogP contribution in [0.15, 0.2) is 42.7 Å². The molecule has 1 aliphatic heterocycles. The molecule has 6 nitrogen and oxygen atoms in total. The maximum absolute atomic E-state index is 12.5. The van der Waals surface area contributed by atoms with E-state index in [0.717, 1.165) is 36.4 Å². The van der Waals surface area contributed by atoms with Crippen molar-refractivity contribution in [1.82, 2.24) is 20.2 Å². The van der Waals surface area contributed by atoms with Crippen LogP contribution in [0.5, 0.6) is 0 Å². The van der Waals surface area contributed by atoms with Crippen LogP contribution < -0.4 is 10.2 Å². The van der Waals surface area contributed by atoms with Crippen LogP contribution in [-0.4, -0.2) is 48.0 Å². The zero-order valence-electron chi connectivity index (χ0n) is 19.0. The van der Waals surface area contributed by atoms with Gasteiger partial charge in [0, 0.05) is 44.6 Å². The highest BCUT2D eigenvalue weighted by molar-refractivity contribution is 5.94. The lowest BCUT2D eigenvalue weighted by Crippen LogP contribution is -2.36. The van der Waals surface area contributed by atoms with Crippen molar-refractivity contribution in [1.29, 1.82) is 0 Å². The number of aromatic nitrogens is 2. The third kappa shape index (κ3) is 5.25. The fourth-order valence-electron chi connectivity index (χ4n) is 4.07. The van der Waals surface area contributed by atoms with E-state index in [9.17, 15) is 4.79 Å². The number of pyridine rings is 1. The molecule has 0 saturated carbocycles. The van der Waals surface area contributed by atoms with Crippen LogP contribution in [0.1, 0.15) is 48.3 Å². The van der Waals surface area contributed by atoms with Gasteiger partial charge in [0.1, 0.15) is 0 Å². The van der Waals surface area contributed by atoms with Gasteiger partial charge in [0.25, 0.3) is 5.91 Å². The molecule has 1 aliphatic rings. The number of anilines is 1. The van der Waals surface area contributed by atoms with Crippen LogP contribution >= 0.6 is 0 Å². The molecule has 0 atom stereocenters. The normalized spacial score (nSPS) is 16.4. The van der Waals surface area contributed by atoms with Crippen molar-refractivity contribution < 1.29 is 4.79 Å². The number of nitrogens with one attached hydrogen (secondary N) is 2. The van der Waals surface area contributed by atoms with Crippen molar-refractivity contribution in [3.05, 3.63) is 59.5 Å². The molecule has 2 aromatic heterocycles. The van der Waals surface area contributed by atoms with E-state index in [2.05, 4.69) is 58.3 Å². The molecule has 1 fully saturated rings. The van der Waals surface area contributed by atoms with Crippen LogP contribution in [-0.2, 0) is 13.1 Å². The number of hydrogen-bond acceptors (Lipinski definition) is 4. The van der Waals surface area contributed by atoms with Gasteiger partial charge < -0.3 is 15.2 Å². The highest BCUT2D eigenvalue weighted by Crippen LogP contribution is 2.30. The summed E-state index contributed by atoms with van der Waals surface area (Å²) >= 11 is 0. The predicted molar refractivity (Wildman–Crippen MR) is 126 cm³/mol. The van der Waals surface area contributed by atoms with E-state index in [0.29, 0.717) is 17.5 Å². The summed E-state index contributed by atoms with van der Waals surface area (Å²) < 4.78 is 0. The Hall–Kier alpha value is -2.86. The van der Waals surface area contributed by atoms with Gasteiger partial charge in [-0.25, -0.2) is 0 Å². The Kier molecular flexibility index (Phi) is 6.01. The molecule has 3 aromatic rings. The van der Waals surface area contributed by atoms with E-state index in [1.807, 2.05) is 25.1 Å². The number of benzene rings is 1. The van der Waals surface area contributed by atoms with Gasteiger partial charge in [-0.3, -0.25) is 14.7 Å². The van der Waals surface area contributed by atoms with Crippen LogP contribution in [0.2, 0.25) is 0 Å². The number of fused-ring (bicyclic) bond motifs is 1. The molecule has 0 spiro atoms. The molecule has 6 heteroatoms. The summed E-state index contributed by atoms with van der Waals surface area (Å²) in [4.78, 5) is 24.8. The Morgan fingerprint density at radius 1 is 1.16 bits per heavy atom. The Labute approximate surface area is 184 Å². The highest BCUT2D eigenvalue weighted by Gasteiger charge is 2.25. The molecule has 1 amide bonds. The Bertz CT molecular complexity index is 1060. The number of carbonyl (C=O) groups excluding carboxylic acids is 1. The van der Waals surface area contributed by atoms with Crippen molar-refractivity contribution in [3.8, 4) is 0 Å². The van der Waals surface area contributed by atoms with Gasteiger partial charge in [-0.05, 0) is 60.5 Å². The first-order chi connectivity index (χ1) is 14.8. The number of amides is 1. The summed E-state index contributed by atoms with van der Waals surface area (Å²) in [6.07, 6.45) is 5.86. The van der Waals surface area contributed by atoms with Crippen LogP contribution in [0.4, 0.5) is 5.69 Å². The number of H-pyrrole nitrogens is 1. The molecule has 31 heavy (non-hydrogen) atoms. The molecule has 0 aliphatic carbocycles. The van der Waals surface area contributed by atoms with E-state index in [1.54, 1.807) is 12.4 Å². The number of aromatic amines is 1.